The zero-order valence-electron chi connectivity index (χ0n) is 15.2. The van der Waals surface area contributed by atoms with E-state index in [0.29, 0.717) is 5.11 Å². The molecule has 27 heavy (non-hydrogen) atoms. The van der Waals surface area contributed by atoms with Crippen molar-refractivity contribution in [3.05, 3.63) is 90.5 Å². The van der Waals surface area contributed by atoms with E-state index in [1.54, 1.807) is 7.11 Å². The number of methoxy groups -OCH3 is 1. The van der Waals surface area contributed by atoms with Crippen LogP contribution in [0, 0.1) is 0 Å². The second kappa shape index (κ2) is 9.66. The Morgan fingerprint density at radius 1 is 0.889 bits per heavy atom. The molecule has 0 aliphatic rings. The van der Waals surface area contributed by atoms with Gasteiger partial charge in [0, 0.05) is 0 Å². The maximum atomic E-state index is 5.63. The maximum absolute atomic E-state index is 5.63. The van der Waals surface area contributed by atoms with Crippen molar-refractivity contribution in [2.75, 3.05) is 19.1 Å². The van der Waals surface area contributed by atoms with Crippen molar-refractivity contribution < 1.29 is 4.74 Å². The molecule has 0 radical (unpaired) electrons. The van der Waals surface area contributed by atoms with Crippen molar-refractivity contribution in [3.8, 4) is 5.75 Å². The zero-order chi connectivity index (χ0) is 19.1. The number of anilines is 1. The summed E-state index contributed by atoms with van der Waals surface area (Å²) in [6.45, 7) is 0. The van der Waals surface area contributed by atoms with Gasteiger partial charge in [-0.3, -0.25) is 0 Å². The van der Waals surface area contributed by atoms with Crippen LogP contribution in [0.4, 0.5) is 5.69 Å². The van der Waals surface area contributed by atoms with Gasteiger partial charge in [0.2, 0.25) is 0 Å². The molecule has 0 atom stereocenters. The number of hydrogen-bond donors (Lipinski definition) is 0. The molecule has 0 amide bonds. The Hall–Kier alpha value is -2.19. The minimum atomic E-state index is -0.699. The van der Waals surface area contributed by atoms with Gasteiger partial charge in [-0.2, -0.15) is 0 Å². The number of benzene rings is 3. The SMILES string of the molecule is COc1ccc([Te]/C(=N/C(=S)N(C)c2ccccc2)c2ccccc2)cc1. The molecule has 0 aliphatic carbocycles. The van der Waals surface area contributed by atoms with Crippen molar-refractivity contribution >= 4 is 51.3 Å². The molecule has 0 aromatic heterocycles. The number of aliphatic imine (C=N–C) groups is 1. The summed E-state index contributed by atoms with van der Waals surface area (Å²) in [7, 11) is 3.64. The van der Waals surface area contributed by atoms with Crippen LogP contribution < -0.4 is 13.2 Å². The third-order valence-corrected chi connectivity index (χ3v) is 7.22. The Morgan fingerprint density at radius 2 is 1.48 bits per heavy atom. The first-order valence-corrected chi connectivity index (χ1v) is 11.2. The average molecular weight is 488 g/mol. The Labute approximate surface area is 175 Å². The molecule has 0 bridgehead atoms. The second-order valence-corrected chi connectivity index (χ2v) is 9.13. The van der Waals surface area contributed by atoms with Gasteiger partial charge in [-0.25, -0.2) is 0 Å². The second-order valence-electron chi connectivity index (χ2n) is 5.74. The van der Waals surface area contributed by atoms with Gasteiger partial charge in [0.05, 0.1) is 0 Å². The number of thiocarbonyl (C=S) groups is 1. The van der Waals surface area contributed by atoms with Gasteiger partial charge in [0.25, 0.3) is 0 Å². The molecule has 3 aromatic rings. The molecule has 136 valence electrons. The van der Waals surface area contributed by atoms with Crippen molar-refractivity contribution in [2.45, 2.75) is 0 Å². The van der Waals surface area contributed by atoms with Gasteiger partial charge in [-0.15, -0.1) is 0 Å². The molecule has 5 heteroatoms. The third kappa shape index (κ3) is 5.40. The fourth-order valence-corrected chi connectivity index (χ4v) is 5.30. The monoisotopic (exact) mass is 490 g/mol. The molecule has 0 spiro atoms. The van der Waals surface area contributed by atoms with E-state index in [9.17, 15) is 0 Å². The van der Waals surface area contributed by atoms with Crippen LogP contribution in [0.15, 0.2) is 89.9 Å². The zero-order valence-corrected chi connectivity index (χ0v) is 18.3. The molecule has 0 fully saturated rings. The molecule has 0 heterocycles. The van der Waals surface area contributed by atoms with E-state index in [1.165, 1.54) is 3.61 Å². The van der Waals surface area contributed by atoms with Crippen molar-refractivity contribution in [1.82, 2.24) is 0 Å². The summed E-state index contributed by atoms with van der Waals surface area (Å²) in [6, 6.07) is 28.6. The van der Waals surface area contributed by atoms with Crippen LogP contribution in [-0.4, -0.2) is 44.0 Å². The third-order valence-electron chi connectivity index (χ3n) is 3.92. The van der Waals surface area contributed by atoms with Crippen LogP contribution in [0.3, 0.4) is 0 Å². The Balaban J connectivity index is 1.89. The molecule has 0 saturated heterocycles. The van der Waals surface area contributed by atoms with Crippen LogP contribution in [0.1, 0.15) is 5.56 Å². The Kier molecular flexibility index (Phi) is 7.00. The van der Waals surface area contributed by atoms with Crippen LogP contribution in [0.5, 0.6) is 5.75 Å². The molecule has 3 aromatic carbocycles. The average Bonchev–Trinajstić information content (AvgIpc) is 2.74. The van der Waals surface area contributed by atoms with Crippen LogP contribution in [-0.2, 0) is 0 Å². The van der Waals surface area contributed by atoms with E-state index in [1.807, 2.05) is 72.6 Å². The molecule has 3 nitrogen and oxygen atoms in total. The van der Waals surface area contributed by atoms with Crippen LogP contribution >= 0.6 is 12.2 Å². The molecule has 0 aliphatic heterocycles. The quantitative estimate of drug-likeness (QED) is 0.310. The van der Waals surface area contributed by atoms with E-state index in [0.717, 1.165) is 20.8 Å². The summed E-state index contributed by atoms with van der Waals surface area (Å²) in [6.07, 6.45) is 0. The summed E-state index contributed by atoms with van der Waals surface area (Å²) >= 11 is 4.93. The van der Waals surface area contributed by atoms with E-state index in [2.05, 4.69) is 24.3 Å². The van der Waals surface area contributed by atoms with Crippen LogP contribution in [0.2, 0.25) is 0 Å². The van der Waals surface area contributed by atoms with E-state index >= 15 is 0 Å². The molecular weight excluding hydrogens is 468 g/mol. The first-order valence-electron chi connectivity index (χ1n) is 8.46. The number of nitrogens with zero attached hydrogens (tertiary/aromatic N) is 2. The normalized spacial score (nSPS) is 11.1. The first-order chi connectivity index (χ1) is 13.2. The number of para-hydroxylation sites is 1. The fourth-order valence-electron chi connectivity index (χ4n) is 2.41. The summed E-state index contributed by atoms with van der Waals surface area (Å²) in [5, 5.41) is 0.568. The van der Waals surface area contributed by atoms with Crippen molar-refractivity contribution in [1.29, 1.82) is 0 Å². The van der Waals surface area contributed by atoms with Gasteiger partial charge in [0.1, 0.15) is 0 Å². The fraction of sp³-hybridized carbons (Fsp3) is 0.0909. The molecule has 0 N–H and O–H groups in total. The topological polar surface area (TPSA) is 24.8 Å². The minimum absolute atomic E-state index is 0.568. The van der Waals surface area contributed by atoms with E-state index in [4.69, 9.17) is 21.9 Å². The Bertz CT molecular complexity index is 912. The number of hydrogen-bond acceptors (Lipinski definition) is 2. The first kappa shape index (κ1) is 19.6. The van der Waals surface area contributed by atoms with Crippen molar-refractivity contribution in [2.24, 2.45) is 4.99 Å². The number of rotatable bonds is 5. The van der Waals surface area contributed by atoms with Crippen molar-refractivity contribution in [3.63, 3.8) is 0 Å². The van der Waals surface area contributed by atoms with E-state index < -0.39 is 20.9 Å². The summed E-state index contributed by atoms with van der Waals surface area (Å²) in [5.74, 6) is 0.865. The standard InChI is InChI=1S/C22H20N2OSTe/c1-24(18-11-7-4-8-12-18)22(26)23-21(17-9-5-3-6-10-17)27-20-15-13-19(25-2)14-16-20/h3-16H,1-2H3/b23-21+. The number of ether oxygens (including phenoxy) is 1. The van der Waals surface area contributed by atoms with Gasteiger partial charge < -0.3 is 0 Å². The molecular formula is C22H20N2OSTe. The summed E-state index contributed by atoms with van der Waals surface area (Å²) in [5.41, 5.74) is 2.16. The van der Waals surface area contributed by atoms with Gasteiger partial charge in [0.15, 0.2) is 0 Å². The predicted molar refractivity (Wildman–Crippen MR) is 119 cm³/mol. The Morgan fingerprint density at radius 3 is 2.07 bits per heavy atom. The predicted octanol–water partition coefficient (Wildman–Crippen LogP) is 3.89. The summed E-state index contributed by atoms with van der Waals surface area (Å²) < 4.78 is 7.62. The molecule has 0 unspecified atom stereocenters. The van der Waals surface area contributed by atoms with Gasteiger partial charge >= 0.3 is 176 Å². The van der Waals surface area contributed by atoms with Gasteiger partial charge in [-0.1, -0.05) is 0 Å². The van der Waals surface area contributed by atoms with Gasteiger partial charge in [-0.05, 0) is 0 Å². The molecule has 0 saturated carbocycles. The van der Waals surface area contributed by atoms with Crippen LogP contribution in [0.25, 0.3) is 0 Å². The summed E-state index contributed by atoms with van der Waals surface area (Å²) in [4.78, 5) is 6.81. The molecule has 3 rings (SSSR count). The van der Waals surface area contributed by atoms with E-state index in [-0.39, 0.29) is 0 Å².